The molecule has 0 aromatic carbocycles. The maximum Gasteiger partial charge on any atom is 0.207 e. The zero-order valence-electron chi connectivity index (χ0n) is 6.47. The lowest BCUT2D eigenvalue weighted by Crippen LogP contribution is -2.17. The van der Waals surface area contributed by atoms with Crippen molar-refractivity contribution in [2.45, 2.75) is 18.1 Å². The van der Waals surface area contributed by atoms with E-state index in [4.69, 9.17) is 4.74 Å². The van der Waals surface area contributed by atoms with Gasteiger partial charge in [-0.2, -0.15) is 0 Å². The number of nitrogens with zero attached hydrogens (tertiary/aromatic N) is 1. The predicted molar refractivity (Wildman–Crippen MR) is 42.4 cm³/mol. The number of nitro groups is 1. The highest BCUT2D eigenvalue weighted by Gasteiger charge is 2.54. The highest BCUT2D eigenvalue weighted by molar-refractivity contribution is 5.31. The molecular formula is C8H9NO3. The van der Waals surface area contributed by atoms with E-state index in [2.05, 4.69) is 0 Å². The van der Waals surface area contributed by atoms with Gasteiger partial charge in [-0.1, -0.05) is 18.2 Å². The van der Waals surface area contributed by atoms with Gasteiger partial charge in [0.15, 0.2) is 0 Å². The first-order valence-electron chi connectivity index (χ1n) is 3.89. The van der Waals surface area contributed by atoms with Gasteiger partial charge in [0.2, 0.25) is 6.54 Å². The zero-order chi connectivity index (χ0) is 8.60. The van der Waals surface area contributed by atoms with Crippen LogP contribution in [0.5, 0.6) is 0 Å². The van der Waals surface area contributed by atoms with Gasteiger partial charge < -0.3 is 4.74 Å². The molecule has 1 aliphatic heterocycles. The van der Waals surface area contributed by atoms with Crippen molar-refractivity contribution in [2.75, 3.05) is 6.54 Å². The van der Waals surface area contributed by atoms with E-state index in [-0.39, 0.29) is 23.2 Å². The normalized spacial score (nSPS) is 36.2. The van der Waals surface area contributed by atoms with Gasteiger partial charge in [-0.25, -0.2) is 0 Å². The molecule has 1 saturated heterocycles. The molecule has 64 valence electrons. The number of epoxide rings is 1. The smallest absolute Gasteiger partial charge is 0.207 e. The van der Waals surface area contributed by atoms with Crippen molar-refractivity contribution in [3.8, 4) is 0 Å². The quantitative estimate of drug-likeness (QED) is 0.356. The fourth-order valence-electron chi connectivity index (χ4n) is 1.47. The van der Waals surface area contributed by atoms with Crippen molar-refractivity contribution in [2.24, 2.45) is 0 Å². The Bertz CT molecular complexity index is 271. The molecule has 0 saturated carbocycles. The van der Waals surface area contributed by atoms with E-state index >= 15 is 0 Å². The zero-order valence-corrected chi connectivity index (χ0v) is 6.47. The van der Waals surface area contributed by atoms with E-state index in [1.165, 1.54) is 0 Å². The molecule has 0 aromatic rings. The fourth-order valence-corrected chi connectivity index (χ4v) is 1.47. The second-order valence-corrected chi connectivity index (χ2v) is 3.04. The third kappa shape index (κ3) is 1.14. The predicted octanol–water partition coefficient (Wildman–Crippen LogP) is 0.917. The Balaban J connectivity index is 1.94. The number of hydrogen-bond acceptors (Lipinski definition) is 3. The number of fused-ring (bicyclic) bond motifs is 1. The first kappa shape index (κ1) is 7.49. The Labute approximate surface area is 69.7 Å². The summed E-state index contributed by atoms with van der Waals surface area (Å²) in [5, 5.41) is 10.1. The molecule has 0 aromatic heterocycles. The van der Waals surface area contributed by atoms with Crippen molar-refractivity contribution in [3.63, 3.8) is 0 Å². The van der Waals surface area contributed by atoms with Gasteiger partial charge in [0.05, 0.1) is 0 Å². The van der Waals surface area contributed by atoms with Gasteiger partial charge in [0, 0.05) is 11.3 Å². The maximum atomic E-state index is 10.1. The summed E-state index contributed by atoms with van der Waals surface area (Å²) in [6.45, 7) is -0.0192. The van der Waals surface area contributed by atoms with Crippen LogP contribution in [0, 0.1) is 10.1 Å². The molecule has 0 bridgehead atoms. The molecule has 2 unspecified atom stereocenters. The number of allylic oxidation sites excluding steroid dienone is 2. The van der Waals surface area contributed by atoms with Crippen LogP contribution in [-0.4, -0.2) is 23.2 Å². The molecule has 2 aliphatic rings. The van der Waals surface area contributed by atoms with Gasteiger partial charge in [-0.15, -0.1) is 0 Å². The number of hydrogen-bond donors (Lipinski definition) is 0. The van der Waals surface area contributed by atoms with Gasteiger partial charge in [0.1, 0.15) is 11.7 Å². The Kier molecular flexibility index (Phi) is 1.51. The molecule has 4 nitrogen and oxygen atoms in total. The molecule has 0 amide bonds. The second-order valence-electron chi connectivity index (χ2n) is 3.04. The summed E-state index contributed by atoms with van der Waals surface area (Å²) in [6.07, 6.45) is 8.18. The van der Waals surface area contributed by atoms with Crippen molar-refractivity contribution < 1.29 is 9.66 Å². The third-order valence-corrected chi connectivity index (χ3v) is 2.23. The Morgan fingerprint density at radius 3 is 3.08 bits per heavy atom. The molecule has 0 N–H and O–H groups in total. The monoisotopic (exact) mass is 167 g/mol. The van der Waals surface area contributed by atoms with Gasteiger partial charge in [-0.3, -0.25) is 10.1 Å². The van der Waals surface area contributed by atoms with E-state index in [1.807, 2.05) is 24.3 Å². The Hall–Kier alpha value is -1.16. The van der Waals surface area contributed by atoms with E-state index in [1.54, 1.807) is 0 Å². The lowest BCUT2D eigenvalue weighted by molar-refractivity contribution is -0.481. The molecule has 1 fully saturated rings. The molecule has 0 spiro atoms. The topological polar surface area (TPSA) is 55.7 Å². The average Bonchev–Trinajstić information content (AvgIpc) is 2.75. The summed E-state index contributed by atoms with van der Waals surface area (Å²) in [7, 11) is 0. The molecule has 0 radical (unpaired) electrons. The van der Waals surface area contributed by atoms with E-state index < -0.39 is 0 Å². The lowest BCUT2D eigenvalue weighted by Gasteiger charge is -2.04. The summed E-state index contributed by atoms with van der Waals surface area (Å²) in [5.74, 6) is 0. The van der Waals surface area contributed by atoms with Crippen LogP contribution in [0.15, 0.2) is 24.3 Å². The SMILES string of the molecule is O=[N+]([O-])CCC12C=CC=CC1O2. The van der Waals surface area contributed by atoms with Crippen LogP contribution in [0.2, 0.25) is 0 Å². The van der Waals surface area contributed by atoms with Crippen LogP contribution in [0.25, 0.3) is 0 Å². The first-order chi connectivity index (χ1) is 5.73. The van der Waals surface area contributed by atoms with Crippen molar-refractivity contribution in [1.82, 2.24) is 0 Å². The average molecular weight is 167 g/mol. The van der Waals surface area contributed by atoms with Crippen molar-refractivity contribution >= 4 is 0 Å². The highest BCUT2D eigenvalue weighted by atomic mass is 16.6. The third-order valence-electron chi connectivity index (χ3n) is 2.23. The summed E-state index contributed by atoms with van der Waals surface area (Å²) < 4.78 is 5.34. The maximum absolute atomic E-state index is 10.1. The fraction of sp³-hybridized carbons (Fsp3) is 0.500. The Morgan fingerprint density at radius 2 is 2.42 bits per heavy atom. The molecule has 2 rings (SSSR count). The molecule has 12 heavy (non-hydrogen) atoms. The number of rotatable bonds is 3. The molecule has 2 atom stereocenters. The molecule has 4 heteroatoms. The first-order valence-corrected chi connectivity index (χ1v) is 3.89. The van der Waals surface area contributed by atoms with Crippen LogP contribution < -0.4 is 0 Å². The van der Waals surface area contributed by atoms with Crippen LogP contribution in [0.3, 0.4) is 0 Å². The number of ether oxygens (including phenoxy) is 1. The summed E-state index contributed by atoms with van der Waals surface area (Å²) in [5.41, 5.74) is -0.332. The largest absolute Gasteiger partial charge is 0.357 e. The summed E-state index contributed by atoms with van der Waals surface area (Å²) in [6, 6.07) is 0. The highest BCUT2D eigenvalue weighted by Crippen LogP contribution is 2.43. The van der Waals surface area contributed by atoms with Gasteiger partial charge >= 0.3 is 0 Å². The minimum Gasteiger partial charge on any atom is -0.357 e. The summed E-state index contributed by atoms with van der Waals surface area (Å²) >= 11 is 0. The van der Waals surface area contributed by atoms with Gasteiger partial charge in [0.25, 0.3) is 0 Å². The van der Waals surface area contributed by atoms with E-state index in [9.17, 15) is 10.1 Å². The van der Waals surface area contributed by atoms with Crippen molar-refractivity contribution in [3.05, 3.63) is 34.4 Å². The lowest BCUT2D eigenvalue weighted by atomic mass is 9.97. The molecule has 1 aliphatic carbocycles. The second kappa shape index (κ2) is 2.42. The molecular weight excluding hydrogens is 158 g/mol. The van der Waals surface area contributed by atoms with Crippen LogP contribution in [-0.2, 0) is 4.74 Å². The minimum atomic E-state index is -0.332. The summed E-state index contributed by atoms with van der Waals surface area (Å²) in [4.78, 5) is 9.80. The molecule has 1 heterocycles. The van der Waals surface area contributed by atoms with E-state index in [0.717, 1.165) is 0 Å². The van der Waals surface area contributed by atoms with E-state index in [0.29, 0.717) is 6.42 Å². The van der Waals surface area contributed by atoms with Crippen LogP contribution in [0.1, 0.15) is 6.42 Å². The van der Waals surface area contributed by atoms with Gasteiger partial charge in [-0.05, 0) is 6.08 Å². The standard InChI is InChI=1S/C8H9NO3/c10-9(11)6-5-8-4-2-1-3-7(8)12-8/h1-4,7H,5-6H2. The van der Waals surface area contributed by atoms with Crippen molar-refractivity contribution in [1.29, 1.82) is 0 Å². The van der Waals surface area contributed by atoms with Crippen LogP contribution >= 0.6 is 0 Å². The Morgan fingerprint density at radius 1 is 1.58 bits per heavy atom. The minimum absolute atomic E-state index is 0.0192. The van der Waals surface area contributed by atoms with Crippen LogP contribution in [0.4, 0.5) is 0 Å².